The highest BCUT2D eigenvalue weighted by atomic mass is 16.6. The summed E-state index contributed by atoms with van der Waals surface area (Å²) in [6.45, 7) is 4.73. The normalized spacial score (nSPS) is 13.6. The van der Waals surface area contributed by atoms with Gasteiger partial charge in [0.15, 0.2) is 0 Å². The first-order valence-electron chi connectivity index (χ1n) is 9.46. The molecule has 2 aromatic rings. The van der Waals surface area contributed by atoms with E-state index in [0.29, 0.717) is 24.3 Å². The topological polar surface area (TPSA) is 66.7 Å². The van der Waals surface area contributed by atoms with Gasteiger partial charge in [0.25, 0.3) is 11.6 Å². The molecule has 0 spiro atoms. The first kappa shape index (κ1) is 18.9. The smallest absolute Gasteiger partial charge is 0.293 e. The molecule has 0 atom stereocenters. The molecule has 0 saturated carbocycles. The Kier molecular flexibility index (Phi) is 6.06. The number of nitro benzene ring substituents is 1. The fourth-order valence-corrected chi connectivity index (χ4v) is 3.52. The minimum Gasteiger partial charge on any atom is -0.366 e. The maximum atomic E-state index is 12.9. The van der Waals surface area contributed by atoms with Crippen molar-refractivity contribution in [2.75, 3.05) is 31.1 Å². The van der Waals surface area contributed by atoms with E-state index < -0.39 is 0 Å². The third-order valence-electron chi connectivity index (χ3n) is 5.05. The van der Waals surface area contributed by atoms with Gasteiger partial charge in [-0.1, -0.05) is 30.3 Å². The number of carbonyl (C=O) groups is 1. The number of anilines is 1. The summed E-state index contributed by atoms with van der Waals surface area (Å²) >= 11 is 0. The standard InChI is InChI=1S/C21H25N3O3/c1-2-22(15-12-17-8-4-3-5-9-17)21(25)18-10-11-19(20(16-18)24(26)27)23-13-6-7-14-23/h3-5,8-11,16H,2,6-7,12-15H2,1H3. The Labute approximate surface area is 159 Å². The maximum absolute atomic E-state index is 12.9. The van der Waals surface area contributed by atoms with E-state index in [4.69, 9.17) is 0 Å². The number of carbonyl (C=O) groups excluding carboxylic acids is 1. The monoisotopic (exact) mass is 367 g/mol. The molecule has 0 N–H and O–H groups in total. The van der Waals surface area contributed by atoms with Crippen LogP contribution in [0.4, 0.5) is 11.4 Å². The van der Waals surface area contributed by atoms with Crippen LogP contribution < -0.4 is 4.90 Å². The molecule has 0 aliphatic carbocycles. The van der Waals surface area contributed by atoms with E-state index in [1.165, 1.54) is 11.6 Å². The highest BCUT2D eigenvalue weighted by molar-refractivity contribution is 5.95. The number of nitro groups is 1. The van der Waals surface area contributed by atoms with Gasteiger partial charge >= 0.3 is 0 Å². The molecule has 1 fully saturated rings. The summed E-state index contributed by atoms with van der Waals surface area (Å²) in [6.07, 6.45) is 2.84. The van der Waals surface area contributed by atoms with Gasteiger partial charge < -0.3 is 9.80 Å². The predicted molar refractivity (Wildman–Crippen MR) is 106 cm³/mol. The minimum absolute atomic E-state index is 0.0156. The van der Waals surface area contributed by atoms with E-state index in [1.807, 2.05) is 42.2 Å². The summed E-state index contributed by atoms with van der Waals surface area (Å²) in [5.74, 6) is -0.162. The van der Waals surface area contributed by atoms with Crippen molar-refractivity contribution in [1.82, 2.24) is 4.90 Å². The molecule has 142 valence electrons. The maximum Gasteiger partial charge on any atom is 0.293 e. The molecule has 3 rings (SSSR count). The van der Waals surface area contributed by atoms with Crippen molar-refractivity contribution in [3.8, 4) is 0 Å². The van der Waals surface area contributed by atoms with Gasteiger partial charge in [0.2, 0.25) is 0 Å². The molecular weight excluding hydrogens is 342 g/mol. The fourth-order valence-electron chi connectivity index (χ4n) is 3.52. The van der Waals surface area contributed by atoms with Gasteiger partial charge in [-0.25, -0.2) is 0 Å². The summed E-state index contributed by atoms with van der Waals surface area (Å²) in [5, 5.41) is 11.6. The zero-order chi connectivity index (χ0) is 19.2. The molecule has 0 aromatic heterocycles. The Morgan fingerprint density at radius 1 is 1.15 bits per heavy atom. The molecule has 1 amide bonds. The summed E-state index contributed by atoms with van der Waals surface area (Å²) in [4.78, 5) is 27.8. The van der Waals surface area contributed by atoms with Crippen molar-refractivity contribution >= 4 is 17.3 Å². The van der Waals surface area contributed by atoms with Gasteiger partial charge in [-0.3, -0.25) is 14.9 Å². The Hall–Kier alpha value is -2.89. The van der Waals surface area contributed by atoms with E-state index in [2.05, 4.69) is 0 Å². The predicted octanol–water partition coefficient (Wildman–Crippen LogP) is 3.90. The van der Waals surface area contributed by atoms with Crippen LogP contribution in [0, 0.1) is 10.1 Å². The summed E-state index contributed by atoms with van der Waals surface area (Å²) in [7, 11) is 0. The van der Waals surface area contributed by atoms with Gasteiger partial charge in [-0.15, -0.1) is 0 Å². The number of benzene rings is 2. The fraction of sp³-hybridized carbons (Fsp3) is 0.381. The van der Waals surface area contributed by atoms with Gasteiger partial charge in [0, 0.05) is 37.8 Å². The summed E-state index contributed by atoms with van der Waals surface area (Å²) in [6, 6.07) is 14.9. The van der Waals surface area contributed by atoms with Crippen LogP contribution in [0.25, 0.3) is 0 Å². The van der Waals surface area contributed by atoms with Crippen LogP contribution in [-0.4, -0.2) is 41.9 Å². The van der Waals surface area contributed by atoms with Crippen LogP contribution in [0.15, 0.2) is 48.5 Å². The number of rotatable bonds is 7. The summed E-state index contributed by atoms with van der Waals surface area (Å²) in [5.41, 5.74) is 2.17. The molecular formula is C21H25N3O3. The second kappa shape index (κ2) is 8.66. The second-order valence-electron chi connectivity index (χ2n) is 6.78. The number of hydrogen-bond acceptors (Lipinski definition) is 4. The Balaban J connectivity index is 1.77. The van der Waals surface area contributed by atoms with Crippen LogP contribution in [-0.2, 0) is 6.42 Å². The van der Waals surface area contributed by atoms with E-state index in [-0.39, 0.29) is 16.5 Å². The van der Waals surface area contributed by atoms with Crippen LogP contribution in [0.3, 0.4) is 0 Å². The number of nitrogens with zero attached hydrogens (tertiary/aromatic N) is 3. The quantitative estimate of drug-likeness (QED) is 0.550. The Morgan fingerprint density at radius 3 is 2.48 bits per heavy atom. The van der Waals surface area contributed by atoms with Gasteiger partial charge in [-0.05, 0) is 43.9 Å². The average Bonchev–Trinajstić information content (AvgIpc) is 3.23. The van der Waals surface area contributed by atoms with Gasteiger partial charge in [-0.2, -0.15) is 0 Å². The Morgan fingerprint density at radius 2 is 1.85 bits per heavy atom. The molecule has 27 heavy (non-hydrogen) atoms. The highest BCUT2D eigenvalue weighted by Gasteiger charge is 2.25. The lowest BCUT2D eigenvalue weighted by atomic mass is 10.1. The Bertz CT molecular complexity index is 802. The molecule has 1 aliphatic heterocycles. The van der Waals surface area contributed by atoms with Crippen molar-refractivity contribution in [1.29, 1.82) is 0 Å². The molecule has 2 aromatic carbocycles. The molecule has 0 bridgehead atoms. The van der Waals surface area contributed by atoms with Crippen LogP contribution >= 0.6 is 0 Å². The van der Waals surface area contributed by atoms with Crippen LogP contribution in [0.5, 0.6) is 0 Å². The van der Waals surface area contributed by atoms with Crippen LogP contribution in [0.1, 0.15) is 35.7 Å². The lowest BCUT2D eigenvalue weighted by molar-refractivity contribution is -0.384. The average molecular weight is 367 g/mol. The zero-order valence-corrected chi connectivity index (χ0v) is 15.6. The largest absolute Gasteiger partial charge is 0.366 e. The van der Waals surface area contributed by atoms with Crippen LogP contribution in [0.2, 0.25) is 0 Å². The lowest BCUT2D eigenvalue weighted by Gasteiger charge is -2.22. The van der Waals surface area contributed by atoms with Crippen molar-refractivity contribution in [2.45, 2.75) is 26.2 Å². The second-order valence-corrected chi connectivity index (χ2v) is 6.78. The molecule has 6 heteroatoms. The van der Waals surface area contributed by atoms with E-state index in [9.17, 15) is 14.9 Å². The third-order valence-corrected chi connectivity index (χ3v) is 5.05. The first-order chi connectivity index (χ1) is 13.1. The van der Waals surface area contributed by atoms with Crippen molar-refractivity contribution in [3.63, 3.8) is 0 Å². The van der Waals surface area contributed by atoms with Gasteiger partial charge in [0.1, 0.15) is 5.69 Å². The molecule has 0 unspecified atom stereocenters. The minimum atomic E-state index is -0.384. The third kappa shape index (κ3) is 4.45. The highest BCUT2D eigenvalue weighted by Crippen LogP contribution is 2.32. The SMILES string of the molecule is CCN(CCc1ccccc1)C(=O)c1ccc(N2CCCC2)c([N+](=O)[O-])c1. The van der Waals surface area contributed by atoms with Crippen molar-refractivity contribution in [2.24, 2.45) is 0 Å². The molecule has 0 radical (unpaired) electrons. The first-order valence-corrected chi connectivity index (χ1v) is 9.46. The molecule has 1 aliphatic rings. The number of amides is 1. The zero-order valence-electron chi connectivity index (χ0n) is 15.6. The molecule has 1 saturated heterocycles. The number of hydrogen-bond donors (Lipinski definition) is 0. The summed E-state index contributed by atoms with van der Waals surface area (Å²) < 4.78 is 0. The lowest BCUT2D eigenvalue weighted by Crippen LogP contribution is -2.32. The van der Waals surface area contributed by atoms with E-state index in [1.54, 1.807) is 17.0 Å². The van der Waals surface area contributed by atoms with E-state index >= 15 is 0 Å². The van der Waals surface area contributed by atoms with Gasteiger partial charge in [0.05, 0.1) is 4.92 Å². The van der Waals surface area contributed by atoms with Crippen molar-refractivity contribution < 1.29 is 9.72 Å². The molecule has 6 nitrogen and oxygen atoms in total. The van der Waals surface area contributed by atoms with Crippen molar-refractivity contribution in [3.05, 3.63) is 69.8 Å². The number of likely N-dealkylation sites (N-methyl/N-ethyl adjacent to an activating group) is 1. The van der Waals surface area contributed by atoms with E-state index in [0.717, 1.165) is 32.4 Å². The molecule has 1 heterocycles.